The van der Waals surface area contributed by atoms with Crippen LogP contribution in [0.5, 0.6) is 0 Å². The maximum atomic E-state index is 13.7. The van der Waals surface area contributed by atoms with Gasteiger partial charge in [-0.3, -0.25) is 9.59 Å². The van der Waals surface area contributed by atoms with Gasteiger partial charge in [0.05, 0.1) is 11.3 Å². The Morgan fingerprint density at radius 3 is 2.59 bits per heavy atom. The van der Waals surface area contributed by atoms with Gasteiger partial charge in [0, 0.05) is 12.1 Å². The van der Waals surface area contributed by atoms with Gasteiger partial charge < -0.3 is 5.32 Å². The summed E-state index contributed by atoms with van der Waals surface area (Å²) in [6, 6.07) is 4.59. The molecule has 0 unspecified atom stereocenters. The van der Waals surface area contributed by atoms with Crippen molar-refractivity contribution in [2.45, 2.75) is 26.8 Å². The highest BCUT2D eigenvalue weighted by Crippen LogP contribution is 2.17. The molecule has 1 aromatic carbocycles. The molecule has 0 aliphatic heterocycles. The van der Waals surface area contributed by atoms with Crippen molar-refractivity contribution in [1.29, 1.82) is 0 Å². The highest BCUT2D eigenvalue weighted by atomic mass is 32.1. The number of aryl methyl sites for hydroxylation is 1. The standard InChI is InChI=1S/C16H15F2NO2S/c1-9-3-4-12(16(18)15(9)17)7-19-14(21)6-11-5-13(10(2)20)22-8-11/h3-5,8H,6-7H2,1-2H3,(H,19,21). The fourth-order valence-electron chi connectivity index (χ4n) is 1.92. The van der Waals surface area contributed by atoms with Crippen molar-refractivity contribution >= 4 is 23.0 Å². The SMILES string of the molecule is CC(=O)c1cc(CC(=O)NCc2ccc(C)c(F)c2F)cs1. The number of halogens is 2. The Hall–Kier alpha value is -2.08. The number of benzene rings is 1. The molecular weight excluding hydrogens is 308 g/mol. The molecule has 22 heavy (non-hydrogen) atoms. The van der Waals surface area contributed by atoms with Gasteiger partial charge in [0.25, 0.3) is 0 Å². The van der Waals surface area contributed by atoms with Crippen LogP contribution >= 0.6 is 11.3 Å². The molecule has 0 spiro atoms. The predicted molar refractivity (Wildman–Crippen MR) is 81.0 cm³/mol. The van der Waals surface area contributed by atoms with Crippen molar-refractivity contribution in [2.24, 2.45) is 0 Å². The number of rotatable bonds is 5. The van der Waals surface area contributed by atoms with Crippen LogP contribution in [0.2, 0.25) is 0 Å². The van der Waals surface area contributed by atoms with Gasteiger partial charge in [-0.25, -0.2) is 8.78 Å². The third-order valence-corrected chi connectivity index (χ3v) is 4.28. The summed E-state index contributed by atoms with van der Waals surface area (Å²) >= 11 is 1.28. The van der Waals surface area contributed by atoms with Crippen molar-refractivity contribution in [3.8, 4) is 0 Å². The molecule has 0 atom stereocenters. The Balaban J connectivity index is 1.95. The highest BCUT2D eigenvalue weighted by Gasteiger charge is 2.12. The van der Waals surface area contributed by atoms with Crippen LogP contribution in [-0.2, 0) is 17.8 Å². The largest absolute Gasteiger partial charge is 0.352 e. The maximum absolute atomic E-state index is 13.7. The molecule has 0 aliphatic carbocycles. The molecule has 116 valence electrons. The molecular formula is C16H15F2NO2S. The molecule has 0 fully saturated rings. The molecule has 6 heteroatoms. The van der Waals surface area contributed by atoms with Crippen molar-refractivity contribution in [2.75, 3.05) is 0 Å². The van der Waals surface area contributed by atoms with Crippen molar-refractivity contribution in [3.05, 3.63) is 56.8 Å². The van der Waals surface area contributed by atoms with Crippen LogP contribution < -0.4 is 5.32 Å². The summed E-state index contributed by atoms with van der Waals surface area (Å²) in [5.41, 5.74) is 1.05. The summed E-state index contributed by atoms with van der Waals surface area (Å²) in [6.07, 6.45) is 0.0970. The number of Topliss-reactive ketones (excluding diaryl/α,β-unsaturated/α-hetero) is 1. The minimum atomic E-state index is -0.935. The van der Waals surface area contributed by atoms with E-state index in [-0.39, 0.29) is 35.8 Å². The van der Waals surface area contributed by atoms with E-state index in [4.69, 9.17) is 0 Å². The summed E-state index contributed by atoms with van der Waals surface area (Å²) in [4.78, 5) is 23.6. The van der Waals surface area contributed by atoms with E-state index in [2.05, 4.69) is 5.32 Å². The second-order valence-electron chi connectivity index (χ2n) is 5.00. The molecule has 0 saturated carbocycles. The van der Waals surface area contributed by atoms with Crippen LogP contribution in [0.15, 0.2) is 23.6 Å². The quantitative estimate of drug-likeness (QED) is 0.857. The van der Waals surface area contributed by atoms with Gasteiger partial charge in [-0.15, -0.1) is 11.3 Å². The number of ketones is 1. The topological polar surface area (TPSA) is 46.2 Å². The molecule has 1 N–H and O–H groups in total. The zero-order chi connectivity index (χ0) is 16.3. The molecule has 1 aromatic heterocycles. The van der Waals surface area contributed by atoms with E-state index < -0.39 is 11.6 Å². The monoisotopic (exact) mass is 323 g/mol. The van der Waals surface area contributed by atoms with Gasteiger partial charge in [0.2, 0.25) is 5.91 Å². The second-order valence-corrected chi connectivity index (χ2v) is 5.91. The van der Waals surface area contributed by atoms with Crippen molar-refractivity contribution < 1.29 is 18.4 Å². The number of hydrogen-bond acceptors (Lipinski definition) is 3. The predicted octanol–water partition coefficient (Wildman–Crippen LogP) is 3.40. The number of hydrogen-bond donors (Lipinski definition) is 1. The van der Waals surface area contributed by atoms with Crippen LogP contribution in [0, 0.1) is 18.6 Å². The first kappa shape index (κ1) is 16.3. The third kappa shape index (κ3) is 3.76. The van der Waals surface area contributed by atoms with Crippen LogP contribution in [0.1, 0.15) is 33.3 Å². The summed E-state index contributed by atoms with van der Waals surface area (Å²) in [6.45, 7) is 2.86. The summed E-state index contributed by atoms with van der Waals surface area (Å²) < 4.78 is 27.1. The normalized spacial score (nSPS) is 10.5. The van der Waals surface area contributed by atoms with Crippen LogP contribution in [0.3, 0.4) is 0 Å². The lowest BCUT2D eigenvalue weighted by molar-refractivity contribution is -0.120. The lowest BCUT2D eigenvalue weighted by Crippen LogP contribution is -2.25. The average Bonchev–Trinajstić information content (AvgIpc) is 2.93. The molecule has 0 saturated heterocycles. The Labute approximate surface area is 131 Å². The fourth-order valence-corrected chi connectivity index (χ4v) is 2.73. The Bertz CT molecular complexity index is 725. The van der Waals surface area contributed by atoms with Crippen LogP contribution in [-0.4, -0.2) is 11.7 Å². The summed E-state index contributed by atoms with van der Waals surface area (Å²) in [5, 5.41) is 4.29. The lowest BCUT2D eigenvalue weighted by atomic mass is 10.1. The van der Waals surface area contributed by atoms with Gasteiger partial charge in [0.15, 0.2) is 17.4 Å². The minimum absolute atomic E-state index is 0.0474. The Morgan fingerprint density at radius 1 is 1.23 bits per heavy atom. The molecule has 1 amide bonds. The minimum Gasteiger partial charge on any atom is -0.352 e. The number of amides is 1. The van der Waals surface area contributed by atoms with E-state index in [1.165, 1.54) is 37.3 Å². The fraction of sp³-hybridized carbons (Fsp3) is 0.250. The summed E-state index contributed by atoms with van der Waals surface area (Å²) in [7, 11) is 0. The highest BCUT2D eigenvalue weighted by molar-refractivity contribution is 7.12. The maximum Gasteiger partial charge on any atom is 0.224 e. The van der Waals surface area contributed by atoms with Crippen molar-refractivity contribution in [1.82, 2.24) is 5.32 Å². The average molecular weight is 323 g/mol. The third-order valence-electron chi connectivity index (χ3n) is 3.20. The smallest absolute Gasteiger partial charge is 0.224 e. The number of carbonyl (C=O) groups excluding carboxylic acids is 2. The van der Waals surface area contributed by atoms with Gasteiger partial charge in [-0.2, -0.15) is 0 Å². The van der Waals surface area contributed by atoms with E-state index >= 15 is 0 Å². The van der Waals surface area contributed by atoms with Gasteiger partial charge in [-0.05, 0) is 36.4 Å². The van der Waals surface area contributed by atoms with E-state index in [0.29, 0.717) is 4.88 Å². The first-order valence-corrected chi connectivity index (χ1v) is 7.55. The first-order valence-electron chi connectivity index (χ1n) is 6.67. The van der Waals surface area contributed by atoms with Gasteiger partial charge >= 0.3 is 0 Å². The summed E-state index contributed by atoms with van der Waals surface area (Å²) in [5.74, 6) is -2.19. The zero-order valence-corrected chi connectivity index (χ0v) is 13.0. The zero-order valence-electron chi connectivity index (χ0n) is 12.2. The number of carbonyl (C=O) groups is 2. The van der Waals surface area contributed by atoms with E-state index in [1.54, 1.807) is 11.4 Å². The van der Waals surface area contributed by atoms with E-state index in [1.807, 2.05) is 0 Å². The number of thiophene rings is 1. The molecule has 0 radical (unpaired) electrons. The van der Waals surface area contributed by atoms with Crippen LogP contribution in [0.25, 0.3) is 0 Å². The van der Waals surface area contributed by atoms with Gasteiger partial charge in [0.1, 0.15) is 0 Å². The van der Waals surface area contributed by atoms with Crippen molar-refractivity contribution in [3.63, 3.8) is 0 Å². The van der Waals surface area contributed by atoms with Crippen LogP contribution in [0.4, 0.5) is 8.78 Å². The van der Waals surface area contributed by atoms with E-state index in [9.17, 15) is 18.4 Å². The Morgan fingerprint density at radius 2 is 1.95 bits per heavy atom. The second kappa shape index (κ2) is 6.79. The van der Waals surface area contributed by atoms with Gasteiger partial charge in [-0.1, -0.05) is 12.1 Å². The molecule has 1 heterocycles. The lowest BCUT2D eigenvalue weighted by Gasteiger charge is -2.07. The molecule has 0 bridgehead atoms. The molecule has 2 rings (SSSR count). The first-order chi connectivity index (χ1) is 10.4. The molecule has 2 aromatic rings. The molecule has 3 nitrogen and oxygen atoms in total. The number of nitrogens with one attached hydrogen (secondary N) is 1. The molecule has 0 aliphatic rings. The Kier molecular flexibility index (Phi) is 5.03. The van der Waals surface area contributed by atoms with E-state index in [0.717, 1.165) is 5.56 Å².